The Morgan fingerprint density at radius 2 is 1.50 bits per heavy atom. The molecule has 0 spiro atoms. The molecule has 1 unspecified atom stereocenters. The topological polar surface area (TPSA) is 113 Å². The fraction of sp³-hybridized carbons (Fsp3) is 0.867. The quantitative estimate of drug-likeness (QED) is 0.396. The SMILES string of the molecule is CC(C)[C@@H](CN1CCC[C@H]1C(=O)N(C)[C@@H](C(=O)O)C(C)C)N(C)C(=O)[C@@H](NC(=O)C1CCCCN1C)C(C)(C)C. The molecule has 230 valence electrons. The molecule has 2 aliphatic heterocycles. The predicted octanol–water partition coefficient (Wildman–Crippen LogP) is 2.52. The molecular formula is C30H55N5O5. The Morgan fingerprint density at radius 1 is 0.900 bits per heavy atom. The first-order valence-corrected chi connectivity index (χ1v) is 15.0. The maximum absolute atomic E-state index is 14.0. The van der Waals surface area contributed by atoms with Gasteiger partial charge in [-0.05, 0) is 63.1 Å². The zero-order chi connectivity index (χ0) is 30.5. The van der Waals surface area contributed by atoms with Crippen molar-refractivity contribution < 1.29 is 24.3 Å². The second kappa shape index (κ2) is 14.1. The van der Waals surface area contributed by atoms with Crippen molar-refractivity contribution in [3.8, 4) is 0 Å². The van der Waals surface area contributed by atoms with Crippen LogP contribution in [0, 0.1) is 17.3 Å². The van der Waals surface area contributed by atoms with Crippen molar-refractivity contribution in [3.63, 3.8) is 0 Å². The average molecular weight is 566 g/mol. The van der Waals surface area contributed by atoms with Crippen molar-refractivity contribution in [1.29, 1.82) is 0 Å². The minimum Gasteiger partial charge on any atom is -0.480 e. The number of likely N-dealkylation sites (tertiary alicyclic amines) is 2. The monoisotopic (exact) mass is 565 g/mol. The van der Waals surface area contributed by atoms with Crippen LogP contribution in [0.3, 0.4) is 0 Å². The Balaban J connectivity index is 2.22. The molecular weight excluding hydrogens is 510 g/mol. The van der Waals surface area contributed by atoms with E-state index < -0.39 is 29.5 Å². The highest BCUT2D eigenvalue weighted by Gasteiger charge is 2.42. The van der Waals surface area contributed by atoms with Crippen molar-refractivity contribution in [2.45, 2.75) is 111 Å². The summed E-state index contributed by atoms with van der Waals surface area (Å²) in [5.74, 6) is -1.54. The lowest BCUT2D eigenvalue weighted by Crippen LogP contribution is -2.61. The molecule has 10 heteroatoms. The van der Waals surface area contributed by atoms with Crippen molar-refractivity contribution in [3.05, 3.63) is 0 Å². The van der Waals surface area contributed by atoms with Gasteiger partial charge in [0.15, 0.2) is 0 Å². The fourth-order valence-corrected chi connectivity index (χ4v) is 6.28. The first-order chi connectivity index (χ1) is 18.5. The van der Waals surface area contributed by atoms with Crippen LogP contribution in [0.5, 0.6) is 0 Å². The number of aliphatic carboxylic acids is 1. The Labute approximate surface area is 241 Å². The van der Waals surface area contributed by atoms with E-state index in [9.17, 15) is 24.3 Å². The van der Waals surface area contributed by atoms with Gasteiger partial charge in [0.1, 0.15) is 12.1 Å². The van der Waals surface area contributed by atoms with Gasteiger partial charge in [0.25, 0.3) is 0 Å². The molecule has 10 nitrogen and oxygen atoms in total. The number of carboxylic acid groups (broad SMARTS) is 1. The van der Waals surface area contributed by atoms with Crippen LogP contribution in [0.15, 0.2) is 0 Å². The minimum absolute atomic E-state index is 0.101. The van der Waals surface area contributed by atoms with Gasteiger partial charge in [0, 0.05) is 26.7 Å². The van der Waals surface area contributed by atoms with Crippen molar-refractivity contribution >= 4 is 23.7 Å². The summed E-state index contributed by atoms with van der Waals surface area (Å²) in [6.07, 6.45) is 4.36. The van der Waals surface area contributed by atoms with Gasteiger partial charge >= 0.3 is 5.97 Å². The highest BCUT2D eigenvalue weighted by molar-refractivity contribution is 5.90. The van der Waals surface area contributed by atoms with E-state index in [1.807, 2.05) is 27.8 Å². The van der Waals surface area contributed by atoms with Gasteiger partial charge < -0.3 is 20.2 Å². The molecule has 2 heterocycles. The van der Waals surface area contributed by atoms with Crippen LogP contribution >= 0.6 is 0 Å². The highest BCUT2D eigenvalue weighted by atomic mass is 16.4. The standard InChI is InChI=1S/C30H55N5O5/c1-19(2)23(18-35-17-13-15-22(35)27(37)34(10)24(20(3)4)29(39)40)33(9)28(38)25(30(5,6)7)31-26(36)21-14-11-12-16-32(21)8/h19-25H,11-18H2,1-10H3,(H,31,36)(H,39,40)/t21?,22-,23+,24+,25+/m0/s1. The van der Waals surface area contributed by atoms with Gasteiger partial charge in [-0.25, -0.2) is 4.79 Å². The molecule has 2 aliphatic rings. The zero-order valence-electron chi connectivity index (χ0n) is 26.6. The van der Waals surface area contributed by atoms with Crippen LogP contribution in [0.25, 0.3) is 0 Å². The molecule has 0 aromatic carbocycles. The molecule has 40 heavy (non-hydrogen) atoms. The molecule has 0 aromatic heterocycles. The normalized spacial score (nSPS) is 23.1. The summed E-state index contributed by atoms with van der Waals surface area (Å²) in [5, 5.41) is 12.8. The number of likely N-dealkylation sites (N-methyl/N-ethyl adjacent to an activating group) is 3. The number of amides is 3. The van der Waals surface area contributed by atoms with Crippen molar-refractivity contribution in [2.24, 2.45) is 17.3 Å². The van der Waals surface area contributed by atoms with Crippen LogP contribution < -0.4 is 5.32 Å². The predicted molar refractivity (Wildman–Crippen MR) is 157 cm³/mol. The number of nitrogens with zero attached hydrogens (tertiary/aromatic N) is 4. The van der Waals surface area contributed by atoms with E-state index in [0.29, 0.717) is 19.5 Å². The zero-order valence-corrected chi connectivity index (χ0v) is 26.6. The average Bonchev–Trinajstić information content (AvgIpc) is 3.31. The Bertz CT molecular complexity index is 901. The van der Waals surface area contributed by atoms with Gasteiger partial charge in [-0.2, -0.15) is 0 Å². The molecule has 0 bridgehead atoms. The van der Waals surface area contributed by atoms with E-state index in [4.69, 9.17) is 0 Å². The smallest absolute Gasteiger partial charge is 0.326 e. The fourth-order valence-electron chi connectivity index (χ4n) is 6.28. The van der Waals surface area contributed by atoms with E-state index in [1.165, 1.54) is 4.90 Å². The third kappa shape index (κ3) is 8.18. The second-order valence-corrected chi connectivity index (χ2v) is 13.7. The molecule has 5 atom stereocenters. The Kier molecular flexibility index (Phi) is 12.0. The molecule has 2 saturated heterocycles. The molecule has 0 saturated carbocycles. The number of nitrogens with one attached hydrogen (secondary N) is 1. The molecule has 3 amide bonds. The maximum Gasteiger partial charge on any atom is 0.326 e. The van der Waals surface area contributed by atoms with Crippen LogP contribution in [-0.2, 0) is 19.2 Å². The van der Waals surface area contributed by atoms with Gasteiger partial charge in [-0.3, -0.25) is 24.2 Å². The summed E-state index contributed by atoms with van der Waals surface area (Å²) in [5.41, 5.74) is -0.493. The Hall–Kier alpha value is -2.20. The van der Waals surface area contributed by atoms with E-state index in [0.717, 1.165) is 32.2 Å². The third-order valence-corrected chi connectivity index (χ3v) is 8.81. The van der Waals surface area contributed by atoms with Gasteiger partial charge in [0.2, 0.25) is 17.7 Å². The molecule has 2 N–H and O–H groups in total. The van der Waals surface area contributed by atoms with E-state index in [-0.39, 0.29) is 41.6 Å². The molecule has 0 radical (unpaired) electrons. The third-order valence-electron chi connectivity index (χ3n) is 8.81. The summed E-state index contributed by atoms with van der Waals surface area (Å²) < 4.78 is 0. The lowest BCUT2D eigenvalue weighted by Gasteiger charge is -2.41. The van der Waals surface area contributed by atoms with E-state index in [2.05, 4.69) is 29.0 Å². The summed E-state index contributed by atoms with van der Waals surface area (Å²) in [7, 11) is 5.33. The molecule has 0 aromatic rings. The number of piperidine rings is 1. The number of carbonyl (C=O) groups excluding carboxylic acids is 3. The Morgan fingerprint density at radius 3 is 2.00 bits per heavy atom. The largest absolute Gasteiger partial charge is 0.480 e. The van der Waals surface area contributed by atoms with Crippen LogP contribution in [0.1, 0.15) is 80.6 Å². The number of hydrogen-bond acceptors (Lipinski definition) is 6. The lowest BCUT2D eigenvalue weighted by molar-refractivity contribution is -0.153. The van der Waals surface area contributed by atoms with E-state index in [1.54, 1.807) is 32.8 Å². The van der Waals surface area contributed by atoms with Crippen LogP contribution in [0.2, 0.25) is 0 Å². The van der Waals surface area contributed by atoms with Gasteiger partial charge in [-0.1, -0.05) is 54.9 Å². The lowest BCUT2D eigenvalue weighted by atomic mass is 9.84. The highest BCUT2D eigenvalue weighted by Crippen LogP contribution is 2.27. The number of carbonyl (C=O) groups is 4. The summed E-state index contributed by atoms with van der Waals surface area (Å²) in [6.45, 7) is 15.7. The van der Waals surface area contributed by atoms with Gasteiger partial charge in [-0.15, -0.1) is 0 Å². The molecule has 2 rings (SSSR count). The minimum atomic E-state index is -1.00. The van der Waals surface area contributed by atoms with Crippen LogP contribution in [-0.4, -0.2) is 119 Å². The molecule has 0 aliphatic carbocycles. The maximum atomic E-state index is 14.0. The number of rotatable bonds is 11. The van der Waals surface area contributed by atoms with Crippen molar-refractivity contribution in [1.82, 2.24) is 24.9 Å². The summed E-state index contributed by atoms with van der Waals surface area (Å²) in [6, 6.07) is -2.42. The molecule has 2 fully saturated rings. The second-order valence-electron chi connectivity index (χ2n) is 13.7. The summed E-state index contributed by atoms with van der Waals surface area (Å²) >= 11 is 0. The van der Waals surface area contributed by atoms with Crippen molar-refractivity contribution in [2.75, 3.05) is 40.8 Å². The first kappa shape index (κ1) is 34.0. The van der Waals surface area contributed by atoms with Crippen LogP contribution in [0.4, 0.5) is 0 Å². The summed E-state index contributed by atoms with van der Waals surface area (Å²) in [4.78, 5) is 60.0. The van der Waals surface area contributed by atoms with E-state index >= 15 is 0 Å². The number of carboxylic acids is 1. The number of hydrogen-bond donors (Lipinski definition) is 2. The first-order valence-electron chi connectivity index (χ1n) is 15.0. The van der Waals surface area contributed by atoms with Gasteiger partial charge in [0.05, 0.1) is 12.1 Å².